The minimum absolute atomic E-state index is 0. The average Bonchev–Trinajstić information content (AvgIpc) is 3.01. The Bertz CT molecular complexity index is 653. The molecule has 0 spiro atoms. The quantitative estimate of drug-likeness (QED) is 0.851. The van der Waals surface area contributed by atoms with Crippen LogP contribution in [0.4, 0.5) is 5.69 Å². The number of amides is 1. The molecule has 2 atom stereocenters. The molecule has 1 aromatic carbocycles. The normalized spacial score (nSPS) is 25.8. The molecule has 0 bridgehead atoms. The van der Waals surface area contributed by atoms with E-state index in [9.17, 15) is 14.7 Å². The fourth-order valence-electron chi connectivity index (χ4n) is 4.00. The first-order chi connectivity index (χ1) is 10.9. The maximum absolute atomic E-state index is 12.3. The molecule has 1 aromatic rings. The average molecular weight is 373 g/mol. The van der Waals surface area contributed by atoms with Crippen molar-refractivity contribution in [2.45, 2.75) is 26.2 Å². The molecule has 0 unspecified atom stereocenters. The van der Waals surface area contributed by atoms with Crippen molar-refractivity contribution in [1.82, 2.24) is 4.90 Å². The Balaban J connectivity index is 0.00000208. The number of hydrogen-bond donors (Lipinski definition) is 2. The van der Waals surface area contributed by atoms with Crippen LogP contribution in [0.25, 0.3) is 0 Å². The zero-order valence-electron chi connectivity index (χ0n) is 13.5. The number of benzene rings is 1. The topological polar surface area (TPSA) is 69.6 Å². The van der Waals surface area contributed by atoms with Gasteiger partial charge in [0.2, 0.25) is 5.91 Å². The predicted molar refractivity (Wildman–Crippen MR) is 95.9 cm³/mol. The molecule has 0 aromatic heterocycles. The molecule has 132 valence electrons. The second-order valence-corrected chi connectivity index (χ2v) is 7.09. The van der Waals surface area contributed by atoms with Crippen LogP contribution in [0, 0.1) is 18.3 Å². The number of aliphatic carboxylic acids is 1. The third-order valence-electron chi connectivity index (χ3n) is 5.28. The van der Waals surface area contributed by atoms with Gasteiger partial charge < -0.3 is 10.4 Å². The third kappa shape index (κ3) is 3.39. The molecule has 1 aliphatic heterocycles. The van der Waals surface area contributed by atoms with E-state index in [4.69, 9.17) is 11.6 Å². The Hall–Kier alpha value is -1.30. The number of rotatable bonds is 4. The molecule has 1 heterocycles. The van der Waals surface area contributed by atoms with Crippen LogP contribution in [0.3, 0.4) is 0 Å². The number of fused-ring (bicyclic) bond motifs is 1. The minimum Gasteiger partial charge on any atom is -0.481 e. The van der Waals surface area contributed by atoms with Crippen LogP contribution in [0.1, 0.15) is 24.8 Å². The van der Waals surface area contributed by atoms with Crippen molar-refractivity contribution in [2.75, 3.05) is 25.0 Å². The fraction of sp³-hybridized carbons (Fsp3) is 0.529. The van der Waals surface area contributed by atoms with Crippen LogP contribution in [0.2, 0.25) is 5.02 Å². The highest BCUT2D eigenvalue weighted by molar-refractivity contribution is 6.31. The number of halogens is 2. The molecule has 7 heteroatoms. The molecule has 1 aliphatic carbocycles. The van der Waals surface area contributed by atoms with E-state index < -0.39 is 11.4 Å². The van der Waals surface area contributed by atoms with Crippen molar-refractivity contribution in [1.29, 1.82) is 0 Å². The van der Waals surface area contributed by atoms with E-state index in [0.29, 0.717) is 23.8 Å². The lowest BCUT2D eigenvalue weighted by atomic mass is 9.81. The summed E-state index contributed by atoms with van der Waals surface area (Å²) in [4.78, 5) is 25.9. The molecule has 3 rings (SSSR count). The summed E-state index contributed by atoms with van der Waals surface area (Å²) in [6.45, 7) is 3.23. The molecule has 1 amide bonds. The van der Waals surface area contributed by atoms with Crippen LogP contribution < -0.4 is 5.32 Å². The lowest BCUT2D eigenvalue weighted by Crippen LogP contribution is -2.37. The van der Waals surface area contributed by atoms with E-state index in [1.165, 1.54) is 0 Å². The summed E-state index contributed by atoms with van der Waals surface area (Å²) in [5.74, 6) is -0.676. The summed E-state index contributed by atoms with van der Waals surface area (Å²) in [5, 5.41) is 13.1. The lowest BCUT2D eigenvalue weighted by molar-refractivity contribution is -0.149. The number of nitrogens with zero attached hydrogens (tertiary/aromatic N) is 1. The molecule has 1 saturated carbocycles. The van der Waals surface area contributed by atoms with Gasteiger partial charge in [0.1, 0.15) is 0 Å². The molecule has 5 nitrogen and oxygen atoms in total. The van der Waals surface area contributed by atoms with Crippen molar-refractivity contribution < 1.29 is 14.7 Å². The van der Waals surface area contributed by atoms with Crippen molar-refractivity contribution in [3.8, 4) is 0 Å². The number of carbonyl (C=O) groups is 2. The molecular formula is C17H22Cl2N2O3. The van der Waals surface area contributed by atoms with Crippen molar-refractivity contribution in [3.05, 3.63) is 28.8 Å². The van der Waals surface area contributed by atoms with Gasteiger partial charge in [-0.3, -0.25) is 14.5 Å². The van der Waals surface area contributed by atoms with Crippen LogP contribution >= 0.6 is 24.0 Å². The number of likely N-dealkylation sites (tertiary alicyclic amines) is 1. The van der Waals surface area contributed by atoms with Crippen LogP contribution in [0.5, 0.6) is 0 Å². The van der Waals surface area contributed by atoms with Gasteiger partial charge in [-0.05, 0) is 43.4 Å². The van der Waals surface area contributed by atoms with Gasteiger partial charge in [0.05, 0.1) is 12.0 Å². The summed E-state index contributed by atoms with van der Waals surface area (Å²) in [6, 6.07) is 5.39. The second kappa shape index (κ2) is 7.30. The summed E-state index contributed by atoms with van der Waals surface area (Å²) >= 11 is 6.06. The Kier molecular flexibility index (Phi) is 5.78. The van der Waals surface area contributed by atoms with Gasteiger partial charge in [-0.25, -0.2) is 0 Å². The van der Waals surface area contributed by atoms with E-state index in [1.807, 2.05) is 17.9 Å². The minimum atomic E-state index is -0.714. The van der Waals surface area contributed by atoms with E-state index in [-0.39, 0.29) is 30.8 Å². The summed E-state index contributed by atoms with van der Waals surface area (Å²) in [5.41, 5.74) is 0.893. The first kappa shape index (κ1) is 19.0. The van der Waals surface area contributed by atoms with E-state index >= 15 is 0 Å². The van der Waals surface area contributed by atoms with Crippen LogP contribution in [0.15, 0.2) is 18.2 Å². The lowest BCUT2D eigenvalue weighted by Gasteiger charge is -2.23. The predicted octanol–water partition coefficient (Wildman–Crippen LogP) is 3.20. The van der Waals surface area contributed by atoms with Gasteiger partial charge in [0, 0.05) is 23.8 Å². The van der Waals surface area contributed by atoms with Gasteiger partial charge in [-0.15, -0.1) is 12.4 Å². The number of carbonyl (C=O) groups excluding carboxylic acids is 1. The standard InChI is InChI=1S/C17H21ClN2O3.ClH/c1-11-13(18)5-2-6-14(11)19-15(21)9-20-8-12-4-3-7-17(12,10-20)16(22)23;/h2,5-6,12H,3-4,7-10H2,1H3,(H,19,21)(H,22,23);1H/t12-,17+;/m0./s1. The number of hydrogen-bond acceptors (Lipinski definition) is 3. The number of carboxylic acid groups (broad SMARTS) is 1. The number of anilines is 1. The molecule has 1 saturated heterocycles. The second-order valence-electron chi connectivity index (χ2n) is 6.68. The maximum Gasteiger partial charge on any atom is 0.311 e. The van der Waals surface area contributed by atoms with Crippen molar-refractivity contribution in [3.63, 3.8) is 0 Å². The van der Waals surface area contributed by atoms with Crippen molar-refractivity contribution >= 4 is 41.6 Å². The Morgan fingerprint density at radius 1 is 1.46 bits per heavy atom. The fourth-order valence-corrected chi connectivity index (χ4v) is 4.17. The number of nitrogens with one attached hydrogen (secondary N) is 1. The molecular weight excluding hydrogens is 351 g/mol. The zero-order chi connectivity index (χ0) is 16.6. The molecule has 2 N–H and O–H groups in total. The van der Waals surface area contributed by atoms with Gasteiger partial charge >= 0.3 is 5.97 Å². The Labute approximate surface area is 152 Å². The molecule has 0 radical (unpaired) electrons. The summed E-state index contributed by atoms with van der Waals surface area (Å²) < 4.78 is 0. The highest BCUT2D eigenvalue weighted by atomic mass is 35.5. The highest BCUT2D eigenvalue weighted by Gasteiger charge is 2.54. The smallest absolute Gasteiger partial charge is 0.311 e. The molecule has 24 heavy (non-hydrogen) atoms. The van der Waals surface area contributed by atoms with Gasteiger partial charge in [0.25, 0.3) is 0 Å². The summed E-state index contributed by atoms with van der Waals surface area (Å²) in [7, 11) is 0. The number of carboxylic acids is 1. The van der Waals surface area contributed by atoms with Gasteiger partial charge in [0.15, 0.2) is 0 Å². The third-order valence-corrected chi connectivity index (χ3v) is 5.69. The van der Waals surface area contributed by atoms with Crippen LogP contribution in [-0.4, -0.2) is 41.5 Å². The van der Waals surface area contributed by atoms with Gasteiger partial charge in [-0.2, -0.15) is 0 Å². The molecule has 2 fully saturated rings. The van der Waals surface area contributed by atoms with E-state index in [2.05, 4.69) is 5.32 Å². The molecule has 2 aliphatic rings. The SMILES string of the molecule is Cc1c(Cl)cccc1NC(=O)CN1C[C@@H]2CCC[C@@]2(C(=O)O)C1.Cl. The summed E-state index contributed by atoms with van der Waals surface area (Å²) in [6.07, 6.45) is 2.63. The maximum atomic E-state index is 12.3. The first-order valence-electron chi connectivity index (χ1n) is 7.93. The van der Waals surface area contributed by atoms with E-state index in [0.717, 1.165) is 24.8 Å². The van der Waals surface area contributed by atoms with Crippen LogP contribution in [-0.2, 0) is 9.59 Å². The van der Waals surface area contributed by atoms with Gasteiger partial charge in [-0.1, -0.05) is 24.1 Å². The highest BCUT2D eigenvalue weighted by Crippen LogP contribution is 2.48. The first-order valence-corrected chi connectivity index (χ1v) is 8.31. The monoisotopic (exact) mass is 372 g/mol. The Morgan fingerprint density at radius 3 is 2.88 bits per heavy atom. The van der Waals surface area contributed by atoms with Crippen molar-refractivity contribution in [2.24, 2.45) is 11.3 Å². The van der Waals surface area contributed by atoms with E-state index in [1.54, 1.807) is 12.1 Å². The zero-order valence-corrected chi connectivity index (χ0v) is 15.1. The largest absolute Gasteiger partial charge is 0.481 e. The Morgan fingerprint density at radius 2 is 2.21 bits per heavy atom.